The van der Waals surface area contributed by atoms with Gasteiger partial charge in [-0.15, -0.1) is 0 Å². The van der Waals surface area contributed by atoms with Crippen molar-refractivity contribution < 1.29 is 0 Å². The van der Waals surface area contributed by atoms with E-state index in [0.29, 0.717) is 23.4 Å². The predicted octanol–water partition coefficient (Wildman–Crippen LogP) is 16.0. The van der Waals surface area contributed by atoms with Gasteiger partial charge in [0.1, 0.15) is 24.0 Å². The molecule has 8 aromatic carbocycles. The van der Waals surface area contributed by atoms with Crippen molar-refractivity contribution in [1.82, 2.24) is 15.2 Å². The highest BCUT2D eigenvalue weighted by Gasteiger charge is 2.58. The van der Waals surface area contributed by atoms with Crippen molar-refractivity contribution in [3.8, 4) is 16.8 Å². The summed E-state index contributed by atoms with van der Waals surface area (Å²) in [6, 6.07) is 75.8. The van der Waals surface area contributed by atoms with E-state index in [-0.39, 0.29) is 29.5 Å². The van der Waals surface area contributed by atoms with Gasteiger partial charge in [0.2, 0.25) is 0 Å². The maximum Gasteiger partial charge on any atom is 0.160 e. The van der Waals surface area contributed by atoms with Crippen LogP contribution in [0.2, 0.25) is 0 Å². The molecule has 3 aliphatic heterocycles. The molecule has 0 radical (unpaired) electrons. The molecule has 0 spiro atoms. The van der Waals surface area contributed by atoms with Gasteiger partial charge in [-0.05, 0) is 99.5 Å². The Balaban J connectivity index is 0.984. The molecule has 83 heavy (non-hydrogen) atoms. The van der Waals surface area contributed by atoms with Crippen molar-refractivity contribution in [2.45, 2.75) is 51.0 Å². The van der Waals surface area contributed by atoms with Crippen LogP contribution < -0.4 is 15.5 Å². The number of aliphatic imine (C=N–C) groups is 4. The molecular formula is C75H60N8. The van der Waals surface area contributed by atoms with Gasteiger partial charge in [-0.2, -0.15) is 0 Å². The van der Waals surface area contributed by atoms with Crippen molar-refractivity contribution in [3.63, 3.8) is 0 Å². The summed E-state index contributed by atoms with van der Waals surface area (Å²) in [6.45, 7) is 5.01. The standard InChI is InChI=1S/C75H60N8/c1-75(2)59-41-23-20-38-55(59)63-66(75)64-56-39-21-25-43-61(56)83(68(64)65-57-40-22-24-42-60(57)82(67(63)65)52-34-16-7-17-35-52)62-45-44-51(72-77-69(48-28-10-4-11-29-48)76-70(78-72)49-30-12-5-13-31-49)46-58(62)74-80-71(50-32-14-6-15-33-50)79-73(81-74)54-37-19-18-36-53(54)47-26-8-3-9-27-47/h3-6,8-16,18-46,55,59,65,67,69,71H,7,17H2,1-2H3,(H,76,77,78)(H,79,80,81). The number of rotatable bonds is 9. The topological polar surface area (TPSA) is 81.7 Å². The Morgan fingerprint density at radius 3 is 1.90 bits per heavy atom. The molecule has 8 heteroatoms. The van der Waals surface area contributed by atoms with Crippen LogP contribution in [0.15, 0.2) is 286 Å². The van der Waals surface area contributed by atoms with Crippen molar-refractivity contribution in [2.24, 2.45) is 37.2 Å². The van der Waals surface area contributed by atoms with Crippen molar-refractivity contribution in [2.75, 3.05) is 4.90 Å². The summed E-state index contributed by atoms with van der Waals surface area (Å²) in [5, 5.41) is 9.06. The highest BCUT2D eigenvalue weighted by atomic mass is 15.2. The molecule has 16 rings (SSSR count). The fraction of sp³-hybridized carbons (Fsp3) is 0.147. The van der Waals surface area contributed by atoms with Gasteiger partial charge in [0.15, 0.2) is 11.7 Å². The molecule has 7 aliphatic rings. The molecule has 4 aliphatic carbocycles. The lowest BCUT2D eigenvalue weighted by molar-refractivity contribution is 0.338. The molecule has 4 heterocycles. The minimum Gasteiger partial charge on any atom is -0.344 e. The Morgan fingerprint density at radius 1 is 0.530 bits per heavy atom. The number of hydrogen-bond acceptors (Lipinski definition) is 7. The second-order valence-corrected chi connectivity index (χ2v) is 23.2. The summed E-state index contributed by atoms with van der Waals surface area (Å²) < 4.78 is 2.63. The number of benzene rings is 8. The lowest BCUT2D eigenvalue weighted by Crippen LogP contribution is -2.40. The van der Waals surface area contributed by atoms with Crippen LogP contribution in [0.5, 0.6) is 0 Å². The lowest BCUT2D eigenvalue weighted by atomic mass is 9.70. The van der Waals surface area contributed by atoms with Crippen LogP contribution in [0.1, 0.15) is 95.1 Å². The third-order valence-electron chi connectivity index (χ3n) is 18.2. The van der Waals surface area contributed by atoms with E-state index < -0.39 is 6.17 Å². The first-order chi connectivity index (χ1) is 41.0. The van der Waals surface area contributed by atoms with Crippen LogP contribution in [0.25, 0.3) is 33.3 Å². The SMILES string of the molecule is CC1(C)C2=C(C3C=CC=CC31)C1C(c3ccccc3N1C1=CCCC=C1)c1c2c2ccccc2n1-c1ccc(C2=NC(c3ccccc3)=NC(c3ccccc3)N2)cc1C1=NC(c2ccccc2-c2ccccc2)=NC(c2ccccc2)N1. The number of anilines is 1. The molecule has 8 nitrogen and oxygen atoms in total. The number of nitrogens with one attached hydrogen (secondary N) is 2. The van der Waals surface area contributed by atoms with Gasteiger partial charge in [0.05, 0.1) is 23.2 Å². The van der Waals surface area contributed by atoms with Crippen molar-refractivity contribution in [1.29, 1.82) is 0 Å². The second kappa shape index (κ2) is 19.7. The van der Waals surface area contributed by atoms with Crippen molar-refractivity contribution >= 4 is 45.5 Å². The highest BCUT2D eigenvalue weighted by molar-refractivity contribution is 6.18. The zero-order valence-corrected chi connectivity index (χ0v) is 46.3. The fourth-order valence-electron chi connectivity index (χ4n) is 14.6. The molecule has 0 saturated carbocycles. The summed E-state index contributed by atoms with van der Waals surface area (Å²) in [6.07, 6.45) is 18.0. The van der Waals surface area contributed by atoms with Gasteiger partial charge >= 0.3 is 0 Å². The summed E-state index contributed by atoms with van der Waals surface area (Å²) in [5.74, 6) is 3.26. The molecule has 0 fully saturated rings. The average Bonchev–Trinajstić information content (AvgIpc) is 2.45. The molecule has 0 saturated heterocycles. The zero-order valence-electron chi connectivity index (χ0n) is 46.3. The minimum absolute atomic E-state index is 0.0207. The molecule has 1 aromatic heterocycles. The smallest absolute Gasteiger partial charge is 0.160 e. The number of allylic oxidation sites excluding steroid dienone is 8. The fourth-order valence-corrected chi connectivity index (χ4v) is 14.6. The molecule has 400 valence electrons. The average molecular weight is 1070 g/mol. The monoisotopic (exact) mass is 1070 g/mol. The minimum atomic E-state index is -0.466. The molecule has 0 bridgehead atoms. The van der Waals surface area contributed by atoms with E-state index in [1.54, 1.807) is 5.57 Å². The van der Waals surface area contributed by atoms with E-state index >= 15 is 0 Å². The maximum absolute atomic E-state index is 5.77. The number of fused-ring (bicyclic) bond motifs is 11. The van der Waals surface area contributed by atoms with Gasteiger partial charge < -0.3 is 20.1 Å². The second-order valence-electron chi connectivity index (χ2n) is 23.2. The molecule has 2 N–H and O–H groups in total. The maximum atomic E-state index is 5.77. The first-order valence-electron chi connectivity index (χ1n) is 29.3. The Labute approximate surface area is 484 Å². The van der Waals surface area contributed by atoms with Crippen LogP contribution in [0.3, 0.4) is 0 Å². The Bertz CT molecular complexity index is 4380. The Morgan fingerprint density at radius 2 is 1.16 bits per heavy atom. The van der Waals surface area contributed by atoms with Crippen LogP contribution in [0, 0.1) is 17.3 Å². The third-order valence-corrected chi connectivity index (χ3v) is 18.2. The largest absolute Gasteiger partial charge is 0.344 e. The van der Waals surface area contributed by atoms with E-state index in [1.807, 2.05) is 6.07 Å². The van der Waals surface area contributed by atoms with Crippen LogP contribution in [-0.4, -0.2) is 34.0 Å². The molecule has 6 unspecified atom stereocenters. The zero-order chi connectivity index (χ0) is 55.2. The van der Waals surface area contributed by atoms with Gasteiger partial charge in [0, 0.05) is 56.2 Å². The number of aromatic nitrogens is 1. The van der Waals surface area contributed by atoms with Crippen LogP contribution in [-0.2, 0) is 0 Å². The molecule has 0 amide bonds. The first-order valence-corrected chi connectivity index (χ1v) is 29.3. The number of para-hydroxylation sites is 2. The van der Waals surface area contributed by atoms with Gasteiger partial charge in [-0.3, -0.25) is 0 Å². The normalized spacial score (nSPS) is 22.4. The molecular weight excluding hydrogens is 1010 g/mol. The third kappa shape index (κ3) is 7.95. The van der Waals surface area contributed by atoms with E-state index in [1.165, 1.54) is 39.2 Å². The van der Waals surface area contributed by atoms with Gasteiger partial charge in [-0.1, -0.05) is 232 Å². The van der Waals surface area contributed by atoms with Crippen molar-refractivity contribution in [3.05, 3.63) is 316 Å². The molecule has 6 atom stereocenters. The van der Waals surface area contributed by atoms with E-state index in [9.17, 15) is 0 Å². The van der Waals surface area contributed by atoms with Crippen LogP contribution in [0.4, 0.5) is 5.69 Å². The molecule has 9 aromatic rings. The number of nitrogens with zero attached hydrogens (tertiary/aromatic N) is 6. The summed E-state index contributed by atoms with van der Waals surface area (Å²) >= 11 is 0. The van der Waals surface area contributed by atoms with E-state index in [4.69, 9.17) is 20.0 Å². The summed E-state index contributed by atoms with van der Waals surface area (Å²) in [7, 11) is 0. The predicted molar refractivity (Wildman–Crippen MR) is 339 cm³/mol. The van der Waals surface area contributed by atoms with Gasteiger partial charge in [-0.25, -0.2) is 20.0 Å². The number of hydrogen-bond donors (Lipinski definition) is 2. The van der Waals surface area contributed by atoms with E-state index in [2.05, 4.69) is 283 Å². The first kappa shape index (κ1) is 48.9. The summed E-state index contributed by atoms with van der Waals surface area (Å²) in [4.78, 5) is 24.7. The Hall–Kier alpha value is -9.92. The van der Waals surface area contributed by atoms with Crippen LogP contribution >= 0.6 is 0 Å². The van der Waals surface area contributed by atoms with E-state index in [0.717, 1.165) is 74.4 Å². The van der Waals surface area contributed by atoms with Gasteiger partial charge in [0.25, 0.3) is 0 Å². The Kier molecular flexibility index (Phi) is 11.6. The number of amidine groups is 4. The quantitative estimate of drug-likeness (QED) is 0.151. The highest BCUT2D eigenvalue weighted by Crippen LogP contribution is 2.67. The summed E-state index contributed by atoms with van der Waals surface area (Å²) in [5.41, 5.74) is 19.5. The lowest BCUT2D eigenvalue weighted by Gasteiger charge is -2.40.